The van der Waals surface area contributed by atoms with Gasteiger partial charge in [0, 0.05) is 29.7 Å². The average molecular weight is 284 g/mol. The fourth-order valence-corrected chi connectivity index (χ4v) is 4.06. The van der Waals surface area contributed by atoms with Gasteiger partial charge < -0.3 is 10.6 Å². The van der Waals surface area contributed by atoms with Gasteiger partial charge in [0.25, 0.3) is 0 Å². The summed E-state index contributed by atoms with van der Waals surface area (Å²) in [5, 5.41) is 0. The van der Waals surface area contributed by atoms with Crippen molar-refractivity contribution >= 4 is 23.1 Å². The van der Waals surface area contributed by atoms with Gasteiger partial charge in [0.2, 0.25) is 0 Å². The van der Waals surface area contributed by atoms with Gasteiger partial charge in [-0.15, -0.1) is 11.8 Å². The fourth-order valence-electron chi connectivity index (χ4n) is 2.82. The lowest BCUT2D eigenvalue weighted by molar-refractivity contribution is 0.712. The van der Waals surface area contributed by atoms with Gasteiger partial charge in [0.1, 0.15) is 0 Å². The van der Waals surface area contributed by atoms with Gasteiger partial charge in [-0.3, -0.25) is 0 Å². The average Bonchev–Trinajstić information content (AvgIpc) is 2.89. The summed E-state index contributed by atoms with van der Waals surface area (Å²) >= 11 is 1.97. The van der Waals surface area contributed by atoms with E-state index in [1.54, 1.807) is 0 Å². The van der Waals surface area contributed by atoms with E-state index in [0.29, 0.717) is 5.92 Å². The van der Waals surface area contributed by atoms with Crippen LogP contribution in [0.15, 0.2) is 53.4 Å². The maximum absolute atomic E-state index is 6.12. The molecule has 0 aromatic heterocycles. The van der Waals surface area contributed by atoms with Crippen molar-refractivity contribution < 1.29 is 0 Å². The van der Waals surface area contributed by atoms with E-state index in [2.05, 4.69) is 48.2 Å². The number of hydrogen-bond donors (Lipinski definition) is 1. The van der Waals surface area contributed by atoms with Crippen molar-refractivity contribution in [2.75, 3.05) is 29.5 Å². The lowest BCUT2D eigenvalue weighted by Crippen LogP contribution is -2.29. The first-order valence-electron chi connectivity index (χ1n) is 7.10. The van der Waals surface area contributed by atoms with Crippen LogP contribution in [0.1, 0.15) is 18.4 Å². The molecule has 3 heteroatoms. The molecule has 104 valence electrons. The molecular weight excluding hydrogens is 264 g/mol. The normalized spacial score (nSPS) is 16.9. The smallest absolute Gasteiger partial charge is 0.0600 e. The lowest BCUT2D eigenvalue weighted by Gasteiger charge is -2.27. The summed E-state index contributed by atoms with van der Waals surface area (Å²) in [6, 6.07) is 16.9. The first kappa shape index (κ1) is 13.4. The molecule has 0 fully saturated rings. The maximum atomic E-state index is 6.12. The highest BCUT2D eigenvalue weighted by atomic mass is 32.2. The minimum atomic E-state index is 0.593. The Bertz CT molecular complexity index is 597. The van der Waals surface area contributed by atoms with Crippen molar-refractivity contribution in [1.29, 1.82) is 0 Å². The zero-order valence-corrected chi connectivity index (χ0v) is 12.6. The Morgan fingerprint density at radius 3 is 2.70 bits per heavy atom. The van der Waals surface area contributed by atoms with Gasteiger partial charge in [-0.2, -0.15) is 0 Å². The molecule has 0 saturated carbocycles. The highest BCUT2D eigenvalue weighted by Crippen LogP contribution is 2.40. The number of thioether (sulfide) groups is 1. The lowest BCUT2D eigenvalue weighted by atomic mass is 10.0. The van der Waals surface area contributed by atoms with Gasteiger partial charge in [-0.1, -0.05) is 30.3 Å². The van der Waals surface area contributed by atoms with Crippen LogP contribution in [0.2, 0.25) is 0 Å². The second kappa shape index (κ2) is 5.80. The van der Waals surface area contributed by atoms with Crippen molar-refractivity contribution in [1.82, 2.24) is 0 Å². The third-order valence-electron chi connectivity index (χ3n) is 3.90. The largest absolute Gasteiger partial charge is 0.397 e. The zero-order valence-electron chi connectivity index (χ0n) is 11.8. The Morgan fingerprint density at radius 1 is 1.15 bits per heavy atom. The molecule has 2 N–H and O–H groups in total. The molecule has 0 amide bonds. The van der Waals surface area contributed by atoms with Gasteiger partial charge >= 0.3 is 0 Å². The Kier molecular flexibility index (Phi) is 3.88. The van der Waals surface area contributed by atoms with Crippen LogP contribution in [-0.2, 0) is 0 Å². The molecule has 0 radical (unpaired) electrons. The molecule has 1 aliphatic rings. The molecule has 3 rings (SSSR count). The van der Waals surface area contributed by atoms with Crippen LogP contribution in [0, 0.1) is 0 Å². The minimum absolute atomic E-state index is 0.593. The van der Waals surface area contributed by atoms with Gasteiger partial charge in [0.05, 0.1) is 11.4 Å². The first-order valence-corrected chi connectivity index (χ1v) is 8.09. The van der Waals surface area contributed by atoms with Crippen LogP contribution in [-0.4, -0.2) is 18.8 Å². The van der Waals surface area contributed by atoms with Crippen molar-refractivity contribution in [2.24, 2.45) is 0 Å². The molecule has 0 saturated heterocycles. The number of benzene rings is 2. The number of rotatable bonds is 4. The zero-order chi connectivity index (χ0) is 13.9. The number of hydrogen-bond acceptors (Lipinski definition) is 3. The third kappa shape index (κ3) is 2.50. The van der Waals surface area contributed by atoms with Crippen LogP contribution < -0.4 is 10.6 Å². The van der Waals surface area contributed by atoms with Crippen LogP contribution in [0.4, 0.5) is 11.4 Å². The van der Waals surface area contributed by atoms with Crippen LogP contribution >= 0.6 is 11.8 Å². The number of anilines is 2. The van der Waals surface area contributed by atoms with Crippen molar-refractivity contribution in [2.45, 2.75) is 17.7 Å². The molecule has 1 aliphatic heterocycles. The quantitative estimate of drug-likeness (QED) is 0.861. The topological polar surface area (TPSA) is 29.3 Å². The van der Waals surface area contributed by atoms with Crippen LogP contribution in [0.5, 0.6) is 0 Å². The van der Waals surface area contributed by atoms with E-state index in [1.807, 2.05) is 23.9 Å². The monoisotopic (exact) mass is 284 g/mol. The van der Waals surface area contributed by atoms with Crippen LogP contribution in [0.3, 0.4) is 0 Å². The highest BCUT2D eigenvalue weighted by Gasteiger charge is 2.24. The maximum Gasteiger partial charge on any atom is 0.0600 e. The Balaban J connectivity index is 1.82. The Hall–Kier alpha value is -1.61. The first-order chi connectivity index (χ1) is 9.79. The SMILES string of the molecule is CCN(CC1CSc2ccccc21)c1ccccc1N. The molecule has 2 aromatic carbocycles. The van der Waals surface area contributed by atoms with E-state index < -0.39 is 0 Å². The summed E-state index contributed by atoms with van der Waals surface area (Å²) in [6.07, 6.45) is 0. The minimum Gasteiger partial charge on any atom is -0.397 e. The van der Waals surface area contributed by atoms with Gasteiger partial charge in [-0.05, 0) is 30.7 Å². The second-order valence-corrected chi connectivity index (χ2v) is 6.21. The van der Waals surface area contributed by atoms with E-state index in [-0.39, 0.29) is 0 Å². The van der Waals surface area contributed by atoms with E-state index in [0.717, 1.165) is 24.5 Å². The standard InChI is InChI=1S/C17H20N2S/c1-2-19(16-9-5-4-8-15(16)18)11-13-12-20-17-10-6-3-7-14(13)17/h3-10,13H,2,11-12,18H2,1H3. The summed E-state index contributed by atoms with van der Waals surface area (Å²) in [5.41, 5.74) is 9.64. The third-order valence-corrected chi connectivity index (χ3v) is 5.15. The van der Waals surface area contributed by atoms with Gasteiger partial charge in [-0.25, -0.2) is 0 Å². The highest BCUT2D eigenvalue weighted by molar-refractivity contribution is 7.99. The summed E-state index contributed by atoms with van der Waals surface area (Å²) in [4.78, 5) is 3.83. The van der Waals surface area contributed by atoms with E-state index in [4.69, 9.17) is 5.73 Å². The van der Waals surface area contributed by atoms with E-state index in [9.17, 15) is 0 Å². The number of fused-ring (bicyclic) bond motifs is 1. The number of likely N-dealkylation sites (N-methyl/N-ethyl adjacent to an activating group) is 1. The molecule has 2 nitrogen and oxygen atoms in total. The molecule has 0 bridgehead atoms. The molecule has 1 heterocycles. The molecule has 2 aromatic rings. The molecule has 20 heavy (non-hydrogen) atoms. The predicted octanol–water partition coefficient (Wildman–Crippen LogP) is 3.98. The second-order valence-electron chi connectivity index (χ2n) is 5.14. The summed E-state index contributed by atoms with van der Waals surface area (Å²) in [6.45, 7) is 4.21. The number of nitrogens with two attached hydrogens (primary N) is 1. The van der Waals surface area contributed by atoms with E-state index >= 15 is 0 Å². The van der Waals surface area contributed by atoms with Crippen LogP contribution in [0.25, 0.3) is 0 Å². The van der Waals surface area contributed by atoms with Gasteiger partial charge in [0.15, 0.2) is 0 Å². The molecule has 0 aliphatic carbocycles. The molecule has 0 spiro atoms. The Morgan fingerprint density at radius 2 is 1.90 bits per heavy atom. The van der Waals surface area contributed by atoms with Crippen molar-refractivity contribution in [3.63, 3.8) is 0 Å². The molecular formula is C17H20N2S. The van der Waals surface area contributed by atoms with E-state index in [1.165, 1.54) is 16.2 Å². The fraction of sp³-hybridized carbons (Fsp3) is 0.294. The Labute approximate surface area is 125 Å². The summed E-state index contributed by atoms with van der Waals surface area (Å²) in [7, 11) is 0. The molecule has 1 atom stereocenters. The number of para-hydroxylation sites is 2. The number of nitrogen functional groups attached to an aromatic ring is 1. The van der Waals surface area contributed by atoms with Crippen molar-refractivity contribution in [3.8, 4) is 0 Å². The molecule has 1 unspecified atom stereocenters. The predicted molar refractivity (Wildman–Crippen MR) is 88.6 cm³/mol. The van der Waals surface area contributed by atoms with Crippen molar-refractivity contribution in [3.05, 3.63) is 54.1 Å². The summed E-state index contributed by atoms with van der Waals surface area (Å²) < 4.78 is 0. The number of nitrogens with zero attached hydrogens (tertiary/aromatic N) is 1. The summed E-state index contributed by atoms with van der Waals surface area (Å²) in [5.74, 6) is 1.76.